The molecule has 1 aromatic rings. The lowest BCUT2D eigenvalue weighted by atomic mass is 9.90. The first kappa shape index (κ1) is 14.0. The summed E-state index contributed by atoms with van der Waals surface area (Å²) in [6.45, 7) is 3.59. The van der Waals surface area contributed by atoms with Crippen LogP contribution in [0.2, 0.25) is 0 Å². The minimum Gasteiger partial charge on any atom is -0.330 e. The van der Waals surface area contributed by atoms with Crippen molar-refractivity contribution < 1.29 is 8.42 Å². The summed E-state index contributed by atoms with van der Waals surface area (Å²) >= 11 is 3.30. The SMILES string of the molecule is CC1(CN)CCN(S(=O)(=O)c2cccc(Br)c2)C1. The summed E-state index contributed by atoms with van der Waals surface area (Å²) < 4.78 is 27.2. The lowest BCUT2D eigenvalue weighted by Gasteiger charge is -2.22. The van der Waals surface area contributed by atoms with Crippen molar-refractivity contribution in [2.45, 2.75) is 18.2 Å². The highest BCUT2D eigenvalue weighted by molar-refractivity contribution is 9.10. The summed E-state index contributed by atoms with van der Waals surface area (Å²) in [5.74, 6) is 0. The van der Waals surface area contributed by atoms with Gasteiger partial charge in [0.2, 0.25) is 10.0 Å². The zero-order chi connectivity index (χ0) is 13.4. The molecule has 0 aliphatic carbocycles. The molecule has 1 heterocycles. The molecule has 1 unspecified atom stereocenters. The maximum atomic E-state index is 12.5. The van der Waals surface area contributed by atoms with E-state index in [1.165, 1.54) is 4.31 Å². The third-order valence-corrected chi connectivity index (χ3v) is 5.78. The standard InChI is InChI=1S/C12H17BrN2O2S/c1-12(8-14)5-6-15(9-12)18(16,17)11-4-2-3-10(13)7-11/h2-4,7H,5-6,8-9,14H2,1H3. The first-order chi connectivity index (χ1) is 8.37. The molecule has 0 amide bonds. The second-order valence-corrected chi connectivity index (χ2v) is 7.91. The van der Waals surface area contributed by atoms with Gasteiger partial charge in [-0.15, -0.1) is 0 Å². The van der Waals surface area contributed by atoms with Crippen LogP contribution in [-0.2, 0) is 10.0 Å². The maximum Gasteiger partial charge on any atom is 0.243 e. The number of nitrogens with two attached hydrogens (primary N) is 1. The Morgan fingerprint density at radius 3 is 2.78 bits per heavy atom. The molecule has 1 aromatic carbocycles. The molecule has 0 saturated carbocycles. The number of benzene rings is 1. The topological polar surface area (TPSA) is 63.4 Å². The molecular weight excluding hydrogens is 316 g/mol. The lowest BCUT2D eigenvalue weighted by Crippen LogP contribution is -2.34. The van der Waals surface area contributed by atoms with Crippen molar-refractivity contribution in [2.24, 2.45) is 11.1 Å². The number of hydrogen-bond acceptors (Lipinski definition) is 3. The molecule has 0 spiro atoms. The van der Waals surface area contributed by atoms with Gasteiger partial charge in [0.25, 0.3) is 0 Å². The summed E-state index contributed by atoms with van der Waals surface area (Å²) in [5, 5.41) is 0. The summed E-state index contributed by atoms with van der Waals surface area (Å²) in [7, 11) is -3.39. The average molecular weight is 333 g/mol. The van der Waals surface area contributed by atoms with Gasteiger partial charge in [0.05, 0.1) is 4.90 Å². The van der Waals surface area contributed by atoms with Crippen molar-refractivity contribution in [3.63, 3.8) is 0 Å². The highest BCUT2D eigenvalue weighted by Gasteiger charge is 2.38. The van der Waals surface area contributed by atoms with Gasteiger partial charge in [-0.05, 0) is 36.6 Å². The molecule has 1 atom stereocenters. The molecular formula is C12H17BrN2O2S. The Labute approximate surface area is 116 Å². The van der Waals surface area contributed by atoms with Crippen molar-refractivity contribution in [1.82, 2.24) is 4.31 Å². The van der Waals surface area contributed by atoms with E-state index in [0.717, 1.165) is 10.9 Å². The summed E-state index contributed by atoms with van der Waals surface area (Å²) in [5.41, 5.74) is 5.61. The fourth-order valence-electron chi connectivity index (χ4n) is 2.13. The highest BCUT2D eigenvalue weighted by atomic mass is 79.9. The smallest absolute Gasteiger partial charge is 0.243 e. The molecule has 100 valence electrons. The number of sulfonamides is 1. The molecule has 4 nitrogen and oxygen atoms in total. The van der Waals surface area contributed by atoms with Crippen molar-refractivity contribution in [3.8, 4) is 0 Å². The van der Waals surface area contributed by atoms with E-state index in [2.05, 4.69) is 15.9 Å². The van der Waals surface area contributed by atoms with Crippen LogP contribution in [0.5, 0.6) is 0 Å². The van der Waals surface area contributed by atoms with Crippen LogP contribution in [-0.4, -0.2) is 32.4 Å². The van der Waals surface area contributed by atoms with Gasteiger partial charge in [0, 0.05) is 17.6 Å². The quantitative estimate of drug-likeness (QED) is 0.918. The normalized spacial score (nSPS) is 25.5. The Kier molecular flexibility index (Phi) is 3.82. The van der Waals surface area contributed by atoms with Crippen molar-refractivity contribution >= 4 is 26.0 Å². The van der Waals surface area contributed by atoms with Crippen LogP contribution in [0.25, 0.3) is 0 Å². The van der Waals surface area contributed by atoms with E-state index in [1.54, 1.807) is 18.2 Å². The van der Waals surface area contributed by atoms with Gasteiger partial charge in [0.1, 0.15) is 0 Å². The minimum absolute atomic E-state index is 0.0981. The van der Waals surface area contributed by atoms with Gasteiger partial charge in [-0.2, -0.15) is 4.31 Å². The Balaban J connectivity index is 2.28. The van der Waals surface area contributed by atoms with Crippen LogP contribution >= 0.6 is 15.9 Å². The summed E-state index contributed by atoms with van der Waals surface area (Å²) in [6, 6.07) is 6.80. The average Bonchev–Trinajstić information content (AvgIpc) is 2.73. The zero-order valence-electron chi connectivity index (χ0n) is 10.3. The number of hydrogen-bond donors (Lipinski definition) is 1. The molecule has 1 aliphatic rings. The molecule has 6 heteroatoms. The molecule has 1 fully saturated rings. The van der Waals surface area contributed by atoms with Crippen LogP contribution in [0.1, 0.15) is 13.3 Å². The molecule has 0 radical (unpaired) electrons. The molecule has 2 N–H and O–H groups in total. The summed E-state index contributed by atoms with van der Waals surface area (Å²) in [4.78, 5) is 0.332. The summed E-state index contributed by atoms with van der Waals surface area (Å²) in [6.07, 6.45) is 0.816. The minimum atomic E-state index is -3.39. The number of rotatable bonds is 3. The van der Waals surface area contributed by atoms with E-state index >= 15 is 0 Å². The maximum absolute atomic E-state index is 12.5. The van der Waals surface area contributed by atoms with Crippen LogP contribution in [0.4, 0.5) is 0 Å². The van der Waals surface area contributed by atoms with E-state index < -0.39 is 10.0 Å². The predicted molar refractivity (Wildman–Crippen MR) is 74.7 cm³/mol. The van der Waals surface area contributed by atoms with Crippen molar-refractivity contribution in [2.75, 3.05) is 19.6 Å². The largest absolute Gasteiger partial charge is 0.330 e. The third kappa shape index (κ3) is 2.61. The van der Waals surface area contributed by atoms with Gasteiger partial charge in [-0.3, -0.25) is 0 Å². The Hall–Kier alpha value is -0.430. The first-order valence-corrected chi connectivity index (χ1v) is 8.06. The van der Waals surface area contributed by atoms with Crippen LogP contribution in [0.15, 0.2) is 33.6 Å². The molecule has 2 rings (SSSR count). The van der Waals surface area contributed by atoms with Crippen molar-refractivity contribution in [3.05, 3.63) is 28.7 Å². The lowest BCUT2D eigenvalue weighted by molar-refractivity contribution is 0.349. The monoisotopic (exact) mass is 332 g/mol. The van der Waals surface area contributed by atoms with Gasteiger partial charge in [0.15, 0.2) is 0 Å². The Morgan fingerprint density at radius 1 is 1.50 bits per heavy atom. The van der Waals surface area contributed by atoms with E-state index in [1.807, 2.05) is 13.0 Å². The predicted octanol–water partition coefficient (Wildman–Crippen LogP) is 1.81. The second kappa shape index (κ2) is 4.92. The van der Waals surface area contributed by atoms with Crippen molar-refractivity contribution in [1.29, 1.82) is 0 Å². The van der Waals surface area contributed by atoms with Crippen LogP contribution in [0.3, 0.4) is 0 Å². The third-order valence-electron chi connectivity index (χ3n) is 3.45. The van der Waals surface area contributed by atoms with E-state index in [4.69, 9.17) is 5.73 Å². The van der Waals surface area contributed by atoms with Crippen LogP contribution < -0.4 is 5.73 Å². The molecule has 1 saturated heterocycles. The van der Waals surface area contributed by atoms with Gasteiger partial charge >= 0.3 is 0 Å². The van der Waals surface area contributed by atoms with Gasteiger partial charge < -0.3 is 5.73 Å². The highest BCUT2D eigenvalue weighted by Crippen LogP contribution is 2.32. The van der Waals surface area contributed by atoms with Gasteiger partial charge in [-0.25, -0.2) is 8.42 Å². The van der Waals surface area contributed by atoms with Crippen LogP contribution in [0, 0.1) is 5.41 Å². The molecule has 0 bridgehead atoms. The molecule has 0 aromatic heterocycles. The Morgan fingerprint density at radius 2 is 2.22 bits per heavy atom. The molecule has 18 heavy (non-hydrogen) atoms. The number of halogens is 1. The molecule has 1 aliphatic heterocycles. The van der Waals surface area contributed by atoms with Gasteiger partial charge in [-0.1, -0.05) is 28.9 Å². The number of nitrogens with zero attached hydrogens (tertiary/aromatic N) is 1. The second-order valence-electron chi connectivity index (χ2n) is 5.06. The van der Waals surface area contributed by atoms with E-state index in [0.29, 0.717) is 24.5 Å². The Bertz CT molecular complexity index is 547. The fourth-order valence-corrected chi connectivity index (χ4v) is 4.32. The fraction of sp³-hybridized carbons (Fsp3) is 0.500. The van der Waals surface area contributed by atoms with E-state index in [9.17, 15) is 8.42 Å². The van der Waals surface area contributed by atoms with E-state index in [-0.39, 0.29) is 5.41 Å². The zero-order valence-corrected chi connectivity index (χ0v) is 12.7. The first-order valence-electron chi connectivity index (χ1n) is 5.83.